The summed E-state index contributed by atoms with van der Waals surface area (Å²) >= 11 is 0. The standard InChI is InChI=1S/C7H12O4.CH4/c1-3-6(8)10-5-11-7(9)4-2;/h3-5H2,1-2H3;1H4. The van der Waals surface area contributed by atoms with E-state index in [2.05, 4.69) is 9.47 Å². The molecule has 0 fully saturated rings. The van der Waals surface area contributed by atoms with E-state index in [1.807, 2.05) is 0 Å². The van der Waals surface area contributed by atoms with E-state index in [4.69, 9.17) is 0 Å². The first-order valence-corrected chi connectivity index (χ1v) is 3.52. The third kappa shape index (κ3) is 7.05. The highest BCUT2D eigenvalue weighted by atomic mass is 16.7. The number of carbonyl (C=O) groups is 2. The second-order valence-corrected chi connectivity index (χ2v) is 1.86. The summed E-state index contributed by atoms with van der Waals surface area (Å²) in [5, 5.41) is 0. The summed E-state index contributed by atoms with van der Waals surface area (Å²) in [5.41, 5.74) is 0. The van der Waals surface area contributed by atoms with Gasteiger partial charge >= 0.3 is 11.9 Å². The maximum atomic E-state index is 10.5. The van der Waals surface area contributed by atoms with E-state index in [9.17, 15) is 9.59 Å². The number of carbonyl (C=O) groups excluding carboxylic acids is 2. The molecular weight excluding hydrogens is 160 g/mol. The van der Waals surface area contributed by atoms with Gasteiger partial charge in [-0.25, -0.2) is 0 Å². The summed E-state index contributed by atoms with van der Waals surface area (Å²) < 4.78 is 8.96. The highest BCUT2D eigenvalue weighted by Crippen LogP contribution is 1.88. The van der Waals surface area contributed by atoms with Crippen molar-refractivity contribution in [2.75, 3.05) is 6.79 Å². The Labute approximate surface area is 72.8 Å². The number of esters is 2. The molecule has 12 heavy (non-hydrogen) atoms. The van der Waals surface area contributed by atoms with Crippen molar-refractivity contribution < 1.29 is 19.1 Å². The molecule has 0 rings (SSSR count). The van der Waals surface area contributed by atoms with Crippen LogP contribution in [0, 0.1) is 0 Å². The van der Waals surface area contributed by atoms with E-state index < -0.39 is 0 Å². The predicted molar refractivity (Wildman–Crippen MR) is 44.4 cm³/mol. The molecule has 0 aliphatic carbocycles. The van der Waals surface area contributed by atoms with Crippen molar-refractivity contribution in [1.82, 2.24) is 0 Å². The average Bonchev–Trinajstić information content (AvgIpc) is 2.04. The fraction of sp³-hybridized carbons (Fsp3) is 0.750. The van der Waals surface area contributed by atoms with Crippen LogP contribution in [0.2, 0.25) is 0 Å². The van der Waals surface area contributed by atoms with E-state index in [0.29, 0.717) is 12.8 Å². The fourth-order valence-electron chi connectivity index (χ4n) is 0.365. The van der Waals surface area contributed by atoms with Crippen molar-refractivity contribution in [3.63, 3.8) is 0 Å². The van der Waals surface area contributed by atoms with E-state index in [1.54, 1.807) is 13.8 Å². The topological polar surface area (TPSA) is 52.6 Å². The van der Waals surface area contributed by atoms with Gasteiger partial charge in [-0.1, -0.05) is 21.3 Å². The van der Waals surface area contributed by atoms with Crippen LogP contribution in [0.15, 0.2) is 0 Å². The lowest BCUT2D eigenvalue weighted by Crippen LogP contribution is -2.10. The van der Waals surface area contributed by atoms with Crippen molar-refractivity contribution in [3.05, 3.63) is 0 Å². The Balaban J connectivity index is 0. The van der Waals surface area contributed by atoms with Gasteiger partial charge in [0.1, 0.15) is 0 Å². The Kier molecular flexibility index (Phi) is 9.06. The molecule has 0 saturated carbocycles. The van der Waals surface area contributed by atoms with Crippen molar-refractivity contribution in [3.8, 4) is 0 Å². The van der Waals surface area contributed by atoms with E-state index >= 15 is 0 Å². The molecule has 0 aliphatic heterocycles. The quantitative estimate of drug-likeness (QED) is 0.481. The molecule has 72 valence electrons. The van der Waals surface area contributed by atoms with Gasteiger partial charge in [-0.3, -0.25) is 9.59 Å². The monoisotopic (exact) mass is 176 g/mol. The summed E-state index contributed by atoms with van der Waals surface area (Å²) in [7, 11) is 0. The van der Waals surface area contributed by atoms with E-state index in [1.165, 1.54) is 0 Å². The first-order chi connectivity index (χ1) is 5.20. The molecule has 0 atom stereocenters. The van der Waals surface area contributed by atoms with E-state index in [-0.39, 0.29) is 26.2 Å². The molecule has 0 radical (unpaired) electrons. The summed E-state index contributed by atoms with van der Waals surface area (Å²) in [6, 6.07) is 0. The molecule has 0 N–H and O–H groups in total. The Morgan fingerprint density at radius 2 is 1.33 bits per heavy atom. The molecule has 0 amide bonds. The molecule has 4 heteroatoms. The molecule has 0 aromatic rings. The van der Waals surface area contributed by atoms with Crippen molar-refractivity contribution in [2.24, 2.45) is 0 Å². The zero-order chi connectivity index (χ0) is 8.69. The van der Waals surface area contributed by atoms with Gasteiger partial charge < -0.3 is 9.47 Å². The minimum absolute atomic E-state index is 0. The molecular formula is C8H16O4. The molecule has 0 aliphatic rings. The third-order valence-corrected chi connectivity index (χ3v) is 1.02. The Bertz CT molecular complexity index is 126. The maximum Gasteiger partial charge on any atom is 0.308 e. The summed E-state index contributed by atoms with van der Waals surface area (Å²) in [4.78, 5) is 20.9. The summed E-state index contributed by atoms with van der Waals surface area (Å²) in [5.74, 6) is -0.734. The second kappa shape index (κ2) is 8.04. The van der Waals surface area contributed by atoms with Crippen molar-refractivity contribution >= 4 is 11.9 Å². The van der Waals surface area contributed by atoms with Gasteiger partial charge in [-0.05, 0) is 0 Å². The second-order valence-electron chi connectivity index (χ2n) is 1.86. The van der Waals surface area contributed by atoms with E-state index in [0.717, 1.165) is 0 Å². The first-order valence-electron chi connectivity index (χ1n) is 3.52. The van der Waals surface area contributed by atoms with Crippen LogP contribution in [0.25, 0.3) is 0 Å². The SMILES string of the molecule is C.CCC(=O)OCOC(=O)CC. The van der Waals surface area contributed by atoms with Gasteiger partial charge in [0.2, 0.25) is 6.79 Å². The number of hydrogen-bond acceptors (Lipinski definition) is 4. The minimum atomic E-state index is -0.367. The molecule has 0 aromatic heterocycles. The van der Waals surface area contributed by atoms with Gasteiger partial charge in [0.05, 0.1) is 0 Å². The van der Waals surface area contributed by atoms with Crippen molar-refractivity contribution in [1.29, 1.82) is 0 Å². The van der Waals surface area contributed by atoms with Crippen LogP contribution in [0.4, 0.5) is 0 Å². The molecule has 0 unspecified atom stereocenters. The van der Waals surface area contributed by atoms with Crippen LogP contribution in [-0.2, 0) is 19.1 Å². The highest BCUT2D eigenvalue weighted by Gasteiger charge is 2.00. The molecule has 0 heterocycles. The predicted octanol–water partition coefficient (Wildman–Crippen LogP) is 1.49. The molecule has 4 nitrogen and oxygen atoms in total. The smallest absolute Gasteiger partial charge is 0.308 e. The zero-order valence-electron chi connectivity index (χ0n) is 6.75. The minimum Gasteiger partial charge on any atom is -0.428 e. The highest BCUT2D eigenvalue weighted by molar-refractivity contribution is 5.70. The number of ether oxygens (including phenoxy) is 2. The molecule has 0 bridgehead atoms. The van der Waals surface area contributed by atoms with Crippen LogP contribution in [0.3, 0.4) is 0 Å². The van der Waals surface area contributed by atoms with Gasteiger partial charge in [-0.2, -0.15) is 0 Å². The third-order valence-electron chi connectivity index (χ3n) is 1.02. The zero-order valence-corrected chi connectivity index (χ0v) is 6.75. The molecule has 0 aromatic carbocycles. The van der Waals surface area contributed by atoms with Crippen LogP contribution in [-0.4, -0.2) is 18.7 Å². The lowest BCUT2D eigenvalue weighted by molar-refractivity contribution is -0.166. The van der Waals surface area contributed by atoms with Gasteiger partial charge in [0.15, 0.2) is 0 Å². The molecule has 0 spiro atoms. The van der Waals surface area contributed by atoms with Crippen LogP contribution >= 0.6 is 0 Å². The maximum absolute atomic E-state index is 10.5. The Morgan fingerprint density at radius 3 is 1.58 bits per heavy atom. The van der Waals surface area contributed by atoms with Crippen LogP contribution < -0.4 is 0 Å². The lowest BCUT2D eigenvalue weighted by atomic mass is 10.5. The first kappa shape index (κ1) is 13.5. The number of hydrogen-bond donors (Lipinski definition) is 0. The Hall–Kier alpha value is -1.06. The summed E-state index contributed by atoms with van der Waals surface area (Å²) in [6.45, 7) is 3.08. The summed E-state index contributed by atoms with van der Waals surface area (Å²) in [6.07, 6.45) is 0.591. The van der Waals surface area contributed by atoms with Gasteiger partial charge in [0.25, 0.3) is 0 Å². The molecule has 0 saturated heterocycles. The average molecular weight is 176 g/mol. The van der Waals surface area contributed by atoms with Gasteiger partial charge in [0, 0.05) is 12.8 Å². The largest absolute Gasteiger partial charge is 0.428 e. The lowest BCUT2D eigenvalue weighted by Gasteiger charge is -2.02. The Morgan fingerprint density at radius 1 is 1.00 bits per heavy atom. The van der Waals surface area contributed by atoms with Gasteiger partial charge in [-0.15, -0.1) is 0 Å². The normalized spacial score (nSPS) is 8.17. The number of rotatable bonds is 4. The van der Waals surface area contributed by atoms with Crippen molar-refractivity contribution in [2.45, 2.75) is 34.1 Å². The fourth-order valence-corrected chi connectivity index (χ4v) is 0.365. The van der Waals surface area contributed by atoms with Crippen LogP contribution in [0.5, 0.6) is 0 Å². The van der Waals surface area contributed by atoms with Crippen LogP contribution in [0.1, 0.15) is 34.1 Å².